The highest BCUT2D eigenvalue weighted by molar-refractivity contribution is 7.90. The van der Waals surface area contributed by atoms with Gasteiger partial charge in [0.15, 0.2) is 16.4 Å². The molecule has 2 aromatic rings. The predicted molar refractivity (Wildman–Crippen MR) is 97.2 cm³/mol. The molecule has 1 amide bonds. The topological polar surface area (TPSA) is 72.5 Å². The zero-order chi connectivity index (χ0) is 18.4. The molecule has 1 N–H and O–H groups in total. The van der Waals surface area contributed by atoms with Gasteiger partial charge in [0.2, 0.25) is 0 Å². The summed E-state index contributed by atoms with van der Waals surface area (Å²) in [7, 11) is -3.31. The van der Waals surface area contributed by atoms with E-state index in [-0.39, 0.29) is 29.4 Å². The van der Waals surface area contributed by atoms with E-state index in [9.17, 15) is 13.2 Å². The monoisotopic (exact) mass is 361 g/mol. The number of carbonyl (C=O) groups excluding carboxylic acids is 1. The lowest BCUT2D eigenvalue weighted by atomic mass is 9.96. The zero-order valence-electron chi connectivity index (χ0n) is 14.6. The van der Waals surface area contributed by atoms with Gasteiger partial charge in [-0.05, 0) is 29.7 Å². The van der Waals surface area contributed by atoms with Crippen LogP contribution in [0.3, 0.4) is 0 Å². The Kier molecular flexibility index (Phi) is 6.20. The molecule has 0 aliphatic carbocycles. The molecule has 0 bridgehead atoms. The van der Waals surface area contributed by atoms with E-state index in [1.165, 1.54) is 12.1 Å². The first-order chi connectivity index (χ1) is 11.8. The lowest BCUT2D eigenvalue weighted by molar-refractivity contribution is -0.124. The number of hydrogen-bond donors (Lipinski definition) is 1. The van der Waals surface area contributed by atoms with Crippen molar-refractivity contribution in [3.8, 4) is 5.75 Å². The van der Waals surface area contributed by atoms with Crippen molar-refractivity contribution in [2.45, 2.75) is 24.8 Å². The minimum absolute atomic E-state index is 0.111. The van der Waals surface area contributed by atoms with Crippen molar-refractivity contribution in [3.05, 3.63) is 60.2 Å². The van der Waals surface area contributed by atoms with E-state index >= 15 is 0 Å². The summed E-state index contributed by atoms with van der Waals surface area (Å²) in [5.74, 6) is 0.311. The van der Waals surface area contributed by atoms with Crippen LogP contribution in [-0.2, 0) is 14.6 Å². The standard InChI is InChI=1S/C19H23NO4S/c1-14(2)19(15-8-5-4-6-9-15)20-18(21)13-24-16-10-7-11-17(12-16)25(3,22)23/h4-12,14,19H,13H2,1-3H3,(H,20,21). The number of benzene rings is 2. The third kappa shape index (κ3) is 5.60. The first kappa shape index (κ1) is 19.0. The highest BCUT2D eigenvalue weighted by Gasteiger charge is 2.18. The normalized spacial score (nSPS) is 12.6. The summed E-state index contributed by atoms with van der Waals surface area (Å²) in [6, 6.07) is 15.8. The number of hydrogen-bond acceptors (Lipinski definition) is 4. The second-order valence-electron chi connectivity index (χ2n) is 6.24. The number of rotatable bonds is 7. The number of sulfone groups is 1. The molecule has 0 aromatic heterocycles. The van der Waals surface area contributed by atoms with Crippen LogP contribution >= 0.6 is 0 Å². The van der Waals surface area contributed by atoms with Gasteiger partial charge < -0.3 is 10.1 Å². The van der Waals surface area contributed by atoms with Crippen molar-refractivity contribution in [2.24, 2.45) is 5.92 Å². The van der Waals surface area contributed by atoms with Crippen molar-refractivity contribution in [2.75, 3.05) is 12.9 Å². The van der Waals surface area contributed by atoms with E-state index < -0.39 is 9.84 Å². The maximum atomic E-state index is 12.2. The average molecular weight is 361 g/mol. The van der Waals surface area contributed by atoms with Crippen LogP contribution in [0.5, 0.6) is 5.75 Å². The lowest BCUT2D eigenvalue weighted by Crippen LogP contribution is -2.35. The Hall–Kier alpha value is -2.34. The van der Waals surface area contributed by atoms with Gasteiger partial charge in [0.05, 0.1) is 10.9 Å². The summed E-state index contributed by atoms with van der Waals surface area (Å²) in [4.78, 5) is 12.4. The number of carbonyl (C=O) groups is 1. The van der Waals surface area contributed by atoms with Crippen LogP contribution in [0.4, 0.5) is 0 Å². The summed E-state index contributed by atoms with van der Waals surface area (Å²) in [5.41, 5.74) is 1.03. The first-order valence-corrected chi connectivity index (χ1v) is 9.94. The highest BCUT2D eigenvalue weighted by Crippen LogP contribution is 2.21. The predicted octanol–water partition coefficient (Wildman–Crippen LogP) is 2.98. The van der Waals surface area contributed by atoms with E-state index in [0.29, 0.717) is 5.75 Å². The molecule has 2 aromatic carbocycles. The van der Waals surface area contributed by atoms with Crippen LogP contribution in [0.25, 0.3) is 0 Å². The van der Waals surface area contributed by atoms with E-state index in [4.69, 9.17) is 4.74 Å². The maximum Gasteiger partial charge on any atom is 0.258 e. The van der Waals surface area contributed by atoms with Crippen LogP contribution in [0.2, 0.25) is 0 Å². The summed E-state index contributed by atoms with van der Waals surface area (Å²) in [6.45, 7) is 3.89. The molecule has 1 atom stereocenters. The Labute approximate surface area is 148 Å². The zero-order valence-corrected chi connectivity index (χ0v) is 15.4. The number of amides is 1. The summed E-state index contributed by atoms with van der Waals surface area (Å²) in [6.07, 6.45) is 1.13. The van der Waals surface area contributed by atoms with Crippen LogP contribution in [0, 0.1) is 5.92 Å². The maximum absolute atomic E-state index is 12.2. The molecular formula is C19H23NO4S. The number of ether oxygens (including phenoxy) is 1. The molecule has 134 valence electrons. The molecule has 2 rings (SSSR count). The molecule has 1 unspecified atom stereocenters. The molecule has 6 heteroatoms. The fourth-order valence-corrected chi connectivity index (χ4v) is 3.11. The van der Waals surface area contributed by atoms with Gasteiger partial charge in [-0.2, -0.15) is 0 Å². The first-order valence-electron chi connectivity index (χ1n) is 8.04. The van der Waals surface area contributed by atoms with Gasteiger partial charge in [-0.3, -0.25) is 4.79 Å². The van der Waals surface area contributed by atoms with Gasteiger partial charge in [0, 0.05) is 6.26 Å². The quantitative estimate of drug-likeness (QED) is 0.823. The largest absolute Gasteiger partial charge is 0.484 e. The molecule has 0 aliphatic heterocycles. The summed E-state index contributed by atoms with van der Waals surface area (Å²) < 4.78 is 28.6. The van der Waals surface area contributed by atoms with E-state index in [2.05, 4.69) is 5.32 Å². The van der Waals surface area contributed by atoms with Gasteiger partial charge >= 0.3 is 0 Å². The van der Waals surface area contributed by atoms with Crippen LogP contribution < -0.4 is 10.1 Å². The smallest absolute Gasteiger partial charge is 0.258 e. The van der Waals surface area contributed by atoms with Crippen LogP contribution in [0.1, 0.15) is 25.5 Å². The highest BCUT2D eigenvalue weighted by atomic mass is 32.2. The van der Waals surface area contributed by atoms with Crippen molar-refractivity contribution in [3.63, 3.8) is 0 Å². The molecule has 0 radical (unpaired) electrons. The molecular weight excluding hydrogens is 338 g/mol. The Balaban J connectivity index is 2.00. The average Bonchev–Trinajstić information content (AvgIpc) is 2.58. The Morgan fingerprint density at radius 2 is 1.76 bits per heavy atom. The van der Waals surface area contributed by atoms with Crippen molar-refractivity contribution < 1.29 is 17.9 Å². The minimum Gasteiger partial charge on any atom is -0.484 e. The molecule has 5 nitrogen and oxygen atoms in total. The van der Waals surface area contributed by atoms with Crippen molar-refractivity contribution in [1.29, 1.82) is 0 Å². The van der Waals surface area contributed by atoms with E-state index in [1.807, 2.05) is 44.2 Å². The second kappa shape index (κ2) is 8.16. The lowest BCUT2D eigenvalue weighted by Gasteiger charge is -2.23. The fourth-order valence-electron chi connectivity index (χ4n) is 2.45. The van der Waals surface area contributed by atoms with Gasteiger partial charge in [0.1, 0.15) is 5.75 Å². The second-order valence-corrected chi connectivity index (χ2v) is 8.25. The molecule has 0 heterocycles. The Morgan fingerprint density at radius 1 is 1.08 bits per heavy atom. The molecule has 0 saturated carbocycles. The van der Waals surface area contributed by atoms with Crippen molar-refractivity contribution >= 4 is 15.7 Å². The molecule has 0 fully saturated rings. The summed E-state index contributed by atoms with van der Waals surface area (Å²) in [5, 5.41) is 2.97. The van der Waals surface area contributed by atoms with Gasteiger partial charge in [0.25, 0.3) is 5.91 Å². The molecule has 25 heavy (non-hydrogen) atoms. The third-order valence-corrected chi connectivity index (χ3v) is 4.86. The molecule has 0 saturated heterocycles. The third-order valence-electron chi connectivity index (χ3n) is 3.75. The number of nitrogens with one attached hydrogen (secondary N) is 1. The van der Waals surface area contributed by atoms with Crippen LogP contribution in [0.15, 0.2) is 59.5 Å². The fraction of sp³-hybridized carbons (Fsp3) is 0.316. The van der Waals surface area contributed by atoms with Crippen molar-refractivity contribution in [1.82, 2.24) is 5.32 Å². The van der Waals surface area contributed by atoms with Gasteiger partial charge in [-0.25, -0.2) is 8.42 Å². The van der Waals surface area contributed by atoms with Gasteiger partial charge in [-0.15, -0.1) is 0 Å². The van der Waals surface area contributed by atoms with E-state index in [1.54, 1.807) is 12.1 Å². The molecule has 0 aliphatic rings. The summed E-state index contributed by atoms with van der Waals surface area (Å²) >= 11 is 0. The van der Waals surface area contributed by atoms with Gasteiger partial charge in [-0.1, -0.05) is 50.2 Å². The minimum atomic E-state index is -3.31. The van der Waals surface area contributed by atoms with Crippen LogP contribution in [-0.4, -0.2) is 27.2 Å². The van der Waals surface area contributed by atoms with E-state index in [0.717, 1.165) is 11.8 Å². The SMILES string of the molecule is CC(C)C(NC(=O)COc1cccc(S(C)(=O)=O)c1)c1ccccc1. The Bertz CT molecular complexity index is 816. The Morgan fingerprint density at radius 3 is 2.36 bits per heavy atom. The molecule has 0 spiro atoms.